The third-order valence-corrected chi connectivity index (χ3v) is 2.86. The van der Waals surface area contributed by atoms with Crippen LogP contribution in [0.15, 0.2) is 0 Å². The minimum absolute atomic E-state index is 0.362. The van der Waals surface area contributed by atoms with Crippen molar-refractivity contribution in [2.75, 3.05) is 19.7 Å². The van der Waals surface area contributed by atoms with E-state index < -0.39 is 0 Å². The van der Waals surface area contributed by atoms with Gasteiger partial charge in [-0.3, -0.25) is 0 Å². The number of likely N-dealkylation sites (tertiary alicyclic amines) is 1. The van der Waals surface area contributed by atoms with Crippen LogP contribution in [0.2, 0.25) is 4.44 Å². The van der Waals surface area contributed by atoms with Gasteiger partial charge in [0.15, 0.2) is 0 Å². The second kappa shape index (κ2) is 4.57. The Kier molecular flexibility index (Phi) is 4.02. The van der Waals surface area contributed by atoms with Crippen LogP contribution in [-0.2, 0) is 0 Å². The SMILES string of the molecule is OCC1CCCN1C[CH2][SnH]. The summed E-state index contributed by atoms with van der Waals surface area (Å²) < 4.78 is 1.33. The van der Waals surface area contributed by atoms with Gasteiger partial charge in [0, 0.05) is 0 Å². The van der Waals surface area contributed by atoms with Gasteiger partial charge in [-0.05, 0) is 0 Å². The van der Waals surface area contributed by atoms with Crippen molar-refractivity contribution in [2.24, 2.45) is 0 Å². The van der Waals surface area contributed by atoms with Crippen molar-refractivity contribution in [1.29, 1.82) is 0 Å². The van der Waals surface area contributed by atoms with Gasteiger partial charge in [0.2, 0.25) is 0 Å². The fraction of sp³-hybridized carbons (Fsp3) is 1.00. The quantitative estimate of drug-likeness (QED) is 0.697. The van der Waals surface area contributed by atoms with Gasteiger partial charge in [0.1, 0.15) is 0 Å². The van der Waals surface area contributed by atoms with Crippen LogP contribution in [0.1, 0.15) is 12.8 Å². The standard InChI is InChI=1S/C7H14NO.Sn.H/c1-2-8-5-3-4-7(8)6-9;;/h7,9H,1-6H2;;. The molecule has 1 N–H and O–H groups in total. The Bertz CT molecular complexity index is 99.6. The van der Waals surface area contributed by atoms with Gasteiger partial charge in [0.25, 0.3) is 0 Å². The minimum atomic E-state index is 0.362. The fourth-order valence-corrected chi connectivity index (χ4v) is 2.51. The van der Waals surface area contributed by atoms with E-state index in [9.17, 15) is 0 Å². The maximum absolute atomic E-state index is 8.93. The maximum atomic E-state index is 8.93. The second-order valence-electron chi connectivity index (χ2n) is 2.80. The van der Waals surface area contributed by atoms with Crippen molar-refractivity contribution in [1.82, 2.24) is 4.90 Å². The molecule has 1 rings (SSSR count). The van der Waals surface area contributed by atoms with Crippen molar-refractivity contribution in [3.8, 4) is 0 Å². The van der Waals surface area contributed by atoms with Gasteiger partial charge >= 0.3 is 75.5 Å². The molecule has 0 aliphatic carbocycles. The zero-order valence-electron chi connectivity index (χ0n) is 6.29. The van der Waals surface area contributed by atoms with Gasteiger partial charge in [-0.25, -0.2) is 0 Å². The van der Waals surface area contributed by atoms with E-state index in [1.165, 1.54) is 52.9 Å². The summed E-state index contributed by atoms with van der Waals surface area (Å²) in [5, 5.41) is 8.93. The van der Waals surface area contributed by atoms with Crippen LogP contribution < -0.4 is 0 Å². The Morgan fingerprint density at radius 2 is 2.40 bits per heavy atom. The molecule has 1 unspecified atom stereocenters. The van der Waals surface area contributed by atoms with E-state index in [1.807, 2.05) is 0 Å². The number of aliphatic hydroxyl groups is 1. The van der Waals surface area contributed by atoms with E-state index in [-0.39, 0.29) is 0 Å². The van der Waals surface area contributed by atoms with E-state index >= 15 is 0 Å². The Balaban J connectivity index is 2.27. The van der Waals surface area contributed by atoms with Crippen molar-refractivity contribution >= 4 is 22.5 Å². The van der Waals surface area contributed by atoms with Crippen molar-refractivity contribution in [3.63, 3.8) is 0 Å². The van der Waals surface area contributed by atoms with Crippen LogP contribution >= 0.6 is 0 Å². The van der Waals surface area contributed by atoms with Crippen molar-refractivity contribution in [3.05, 3.63) is 0 Å². The first-order valence-corrected chi connectivity index (χ1v) is 6.26. The summed E-state index contributed by atoms with van der Waals surface area (Å²) in [4.78, 5) is 2.42. The number of rotatable bonds is 3. The summed E-state index contributed by atoms with van der Waals surface area (Å²) in [5.41, 5.74) is 0. The normalized spacial score (nSPS) is 27.6. The molecular weight excluding hydrogens is 233 g/mol. The average molecular weight is 248 g/mol. The van der Waals surface area contributed by atoms with Crippen LogP contribution in [0.4, 0.5) is 0 Å². The third kappa shape index (κ3) is 2.10. The molecule has 0 bridgehead atoms. The molecule has 10 heavy (non-hydrogen) atoms. The van der Waals surface area contributed by atoms with Crippen LogP contribution in [0.5, 0.6) is 0 Å². The number of hydrogen-bond acceptors (Lipinski definition) is 2. The molecule has 0 spiro atoms. The number of nitrogens with zero attached hydrogens (tertiary/aromatic N) is 1. The molecule has 0 saturated carbocycles. The molecule has 2 nitrogen and oxygen atoms in total. The van der Waals surface area contributed by atoms with Gasteiger partial charge in [-0.2, -0.15) is 0 Å². The molecule has 1 aliphatic heterocycles. The van der Waals surface area contributed by atoms with Crippen molar-refractivity contribution < 1.29 is 5.11 Å². The van der Waals surface area contributed by atoms with Gasteiger partial charge in [0.05, 0.1) is 0 Å². The number of hydrogen-bond donors (Lipinski definition) is 1. The molecule has 2 radical (unpaired) electrons. The first kappa shape index (κ1) is 8.81. The summed E-state index contributed by atoms with van der Waals surface area (Å²) in [6.07, 6.45) is 2.49. The van der Waals surface area contributed by atoms with Gasteiger partial charge in [-0.15, -0.1) is 0 Å². The first-order chi connectivity index (χ1) is 4.88. The van der Waals surface area contributed by atoms with Gasteiger partial charge < -0.3 is 0 Å². The topological polar surface area (TPSA) is 23.5 Å². The van der Waals surface area contributed by atoms with Crippen LogP contribution in [0.3, 0.4) is 0 Å². The molecule has 58 valence electrons. The molecule has 1 saturated heterocycles. The first-order valence-electron chi connectivity index (χ1n) is 3.93. The molecule has 1 aliphatic rings. The van der Waals surface area contributed by atoms with Crippen LogP contribution in [0, 0.1) is 0 Å². The van der Waals surface area contributed by atoms with Gasteiger partial charge in [-0.1, -0.05) is 0 Å². The summed E-state index contributed by atoms with van der Waals surface area (Å²) in [5.74, 6) is 0. The van der Waals surface area contributed by atoms with E-state index in [0.717, 1.165) is 0 Å². The third-order valence-electron chi connectivity index (χ3n) is 2.13. The van der Waals surface area contributed by atoms with E-state index in [0.29, 0.717) is 12.6 Å². The van der Waals surface area contributed by atoms with Crippen LogP contribution in [-0.4, -0.2) is 58.3 Å². The summed E-state index contributed by atoms with van der Waals surface area (Å²) >= 11 is 1.35. The molecule has 0 aromatic rings. The van der Waals surface area contributed by atoms with E-state index in [2.05, 4.69) is 4.90 Å². The Morgan fingerprint density at radius 3 is 3.00 bits per heavy atom. The number of aliphatic hydroxyl groups excluding tert-OH is 1. The second-order valence-corrected chi connectivity index (χ2v) is 4.45. The van der Waals surface area contributed by atoms with Crippen LogP contribution in [0.25, 0.3) is 0 Å². The molecular formula is C7H15NOSn. The monoisotopic (exact) mass is 249 g/mol. The Labute approximate surface area is 75.7 Å². The predicted octanol–water partition coefficient (Wildman–Crippen LogP) is -0.238. The molecule has 1 atom stereocenters. The van der Waals surface area contributed by atoms with Crippen molar-refractivity contribution in [2.45, 2.75) is 23.3 Å². The van der Waals surface area contributed by atoms with E-state index in [1.54, 1.807) is 0 Å². The molecule has 0 amide bonds. The molecule has 3 heteroatoms. The Hall–Kier alpha value is 0.719. The zero-order valence-corrected chi connectivity index (χ0v) is 9.59. The molecule has 1 heterocycles. The molecule has 0 aromatic carbocycles. The Morgan fingerprint density at radius 1 is 1.60 bits per heavy atom. The molecule has 0 aromatic heterocycles. The van der Waals surface area contributed by atoms with E-state index in [4.69, 9.17) is 5.11 Å². The summed E-state index contributed by atoms with van der Waals surface area (Å²) in [6, 6.07) is 0.493. The fourth-order valence-electron chi connectivity index (χ4n) is 1.56. The molecule has 1 fully saturated rings. The predicted molar refractivity (Wildman–Crippen MR) is 43.6 cm³/mol. The summed E-state index contributed by atoms with van der Waals surface area (Å²) in [7, 11) is 0. The summed E-state index contributed by atoms with van der Waals surface area (Å²) in [6.45, 7) is 2.79. The zero-order chi connectivity index (χ0) is 7.40. The average Bonchev–Trinajstić information content (AvgIpc) is 2.36.